The second kappa shape index (κ2) is 8.26. The molecule has 0 aliphatic heterocycles. The van der Waals surface area contributed by atoms with Crippen LogP contribution in [0.4, 0.5) is 21.7 Å². The molecular weight excluding hydrogens is 335 g/mol. The number of aromatic amines is 1. The van der Waals surface area contributed by atoms with Gasteiger partial charge in [0.15, 0.2) is 0 Å². The van der Waals surface area contributed by atoms with Gasteiger partial charge in [-0.1, -0.05) is 12.1 Å². The Bertz CT molecular complexity index is 750. The van der Waals surface area contributed by atoms with Gasteiger partial charge in [-0.2, -0.15) is 0 Å². The Balaban J connectivity index is 0.00000288. The van der Waals surface area contributed by atoms with Gasteiger partial charge in [0.05, 0.1) is 0 Å². The Morgan fingerprint density at radius 2 is 1.62 bits per heavy atom. The number of aromatic nitrogens is 1. The molecule has 0 radical (unpaired) electrons. The van der Waals surface area contributed by atoms with E-state index in [0.717, 1.165) is 11.1 Å². The second-order valence-electron chi connectivity index (χ2n) is 5.17. The van der Waals surface area contributed by atoms with E-state index in [1.165, 1.54) is 26.0 Å². The fourth-order valence-electron chi connectivity index (χ4n) is 2.14. The van der Waals surface area contributed by atoms with Crippen LogP contribution in [0.1, 0.15) is 25.0 Å². The van der Waals surface area contributed by atoms with Crippen molar-refractivity contribution >= 4 is 29.1 Å². The molecule has 1 aromatic carbocycles. The van der Waals surface area contributed by atoms with Crippen molar-refractivity contribution in [1.29, 1.82) is 0 Å². The second-order valence-corrected chi connectivity index (χ2v) is 5.17. The number of anilines is 3. The zero-order valence-corrected chi connectivity index (χ0v) is 14.0. The summed E-state index contributed by atoms with van der Waals surface area (Å²) in [4.78, 5) is 25.5. The first kappa shape index (κ1) is 19.4. The van der Waals surface area contributed by atoms with Crippen molar-refractivity contribution in [2.75, 3.05) is 16.4 Å². The zero-order chi connectivity index (χ0) is 17.0. The Morgan fingerprint density at radius 1 is 1.08 bits per heavy atom. The highest BCUT2D eigenvalue weighted by Gasteiger charge is 2.17. The van der Waals surface area contributed by atoms with Crippen molar-refractivity contribution in [2.24, 2.45) is 0 Å². The van der Waals surface area contributed by atoms with Crippen LogP contribution in [0, 0.1) is 5.82 Å². The lowest BCUT2D eigenvalue weighted by atomic mass is 10.0. The van der Waals surface area contributed by atoms with Gasteiger partial charge in [0.1, 0.15) is 11.5 Å². The molecule has 6 nitrogen and oxygen atoms in total. The first-order chi connectivity index (χ1) is 10.8. The summed E-state index contributed by atoms with van der Waals surface area (Å²) in [5.41, 5.74) is 7.85. The molecule has 24 heavy (non-hydrogen) atoms. The third-order valence-corrected chi connectivity index (χ3v) is 3.10. The molecule has 0 saturated carbocycles. The summed E-state index contributed by atoms with van der Waals surface area (Å²) in [6.45, 7) is 2.74. The van der Waals surface area contributed by atoms with Crippen LogP contribution in [0.15, 0.2) is 30.3 Å². The van der Waals surface area contributed by atoms with E-state index in [0.29, 0.717) is 23.7 Å². The molecule has 2 amide bonds. The molecule has 0 bridgehead atoms. The third-order valence-electron chi connectivity index (χ3n) is 3.10. The van der Waals surface area contributed by atoms with Crippen LogP contribution in [0.2, 0.25) is 0 Å². The van der Waals surface area contributed by atoms with Crippen LogP contribution >= 0.6 is 0 Å². The lowest BCUT2D eigenvalue weighted by Crippen LogP contribution is -3.00. The average molecular weight is 353 g/mol. The number of hydrogen-bond donors (Lipinski definition) is 3. The molecule has 1 aromatic heterocycles. The average Bonchev–Trinajstić information content (AvgIpc) is 2.45. The van der Waals surface area contributed by atoms with Gasteiger partial charge in [0.2, 0.25) is 11.6 Å². The molecule has 8 heteroatoms. The number of pyridine rings is 1. The van der Waals surface area contributed by atoms with Crippen molar-refractivity contribution in [1.82, 2.24) is 0 Å². The third kappa shape index (κ3) is 5.20. The molecule has 2 rings (SSSR count). The SMILES string of the molecule is CC(=O)Nc1[nH+]c(NC(C)=O)c(Cc2ccc(F)cc2)cc1N.[Cl-]. The number of amides is 2. The van der Waals surface area contributed by atoms with Gasteiger partial charge in [0.25, 0.3) is 11.8 Å². The van der Waals surface area contributed by atoms with Crippen LogP contribution in [0.25, 0.3) is 0 Å². The maximum atomic E-state index is 13.0. The van der Waals surface area contributed by atoms with Crippen molar-refractivity contribution in [3.05, 3.63) is 47.3 Å². The number of rotatable bonds is 4. The summed E-state index contributed by atoms with van der Waals surface area (Å²) >= 11 is 0. The Labute approximate surface area is 145 Å². The van der Waals surface area contributed by atoms with Crippen LogP contribution < -0.4 is 33.8 Å². The van der Waals surface area contributed by atoms with Crippen molar-refractivity contribution in [3.8, 4) is 0 Å². The van der Waals surface area contributed by atoms with Gasteiger partial charge >= 0.3 is 0 Å². The molecule has 5 N–H and O–H groups in total. The summed E-state index contributed by atoms with van der Waals surface area (Å²) in [7, 11) is 0. The molecule has 2 aromatic rings. The molecule has 0 aliphatic carbocycles. The van der Waals surface area contributed by atoms with E-state index in [2.05, 4.69) is 15.6 Å². The topological polar surface area (TPSA) is 98.4 Å². The van der Waals surface area contributed by atoms with Crippen LogP contribution in [0.3, 0.4) is 0 Å². The van der Waals surface area contributed by atoms with Crippen LogP contribution in [-0.4, -0.2) is 11.8 Å². The first-order valence-electron chi connectivity index (χ1n) is 6.99. The summed E-state index contributed by atoms with van der Waals surface area (Å²) < 4.78 is 13.0. The standard InChI is InChI=1S/C16H17FN4O2.ClH/c1-9(22)19-15-12(7-11-3-5-13(17)6-4-11)8-14(18)16(21-15)20-10(2)23;/h3-6,8H,7,18H2,1-2H3,(H2,19,20,21,22,23);1H. The van der Waals surface area contributed by atoms with Gasteiger partial charge in [-0.3, -0.25) is 9.59 Å². The largest absolute Gasteiger partial charge is 1.00 e. The van der Waals surface area contributed by atoms with E-state index >= 15 is 0 Å². The van der Waals surface area contributed by atoms with E-state index in [-0.39, 0.29) is 30.0 Å². The number of nitrogen functional groups attached to an aromatic ring is 1. The van der Waals surface area contributed by atoms with Gasteiger partial charge < -0.3 is 18.1 Å². The zero-order valence-electron chi connectivity index (χ0n) is 13.2. The lowest BCUT2D eigenvalue weighted by molar-refractivity contribution is -0.343. The van der Waals surface area contributed by atoms with Gasteiger partial charge in [-0.05, 0) is 23.8 Å². The maximum absolute atomic E-state index is 13.0. The number of carbonyl (C=O) groups is 2. The van der Waals surface area contributed by atoms with E-state index < -0.39 is 0 Å². The number of hydrogen-bond acceptors (Lipinski definition) is 3. The van der Waals surface area contributed by atoms with E-state index in [1.54, 1.807) is 18.2 Å². The maximum Gasteiger partial charge on any atom is 0.277 e. The number of nitrogens with two attached hydrogens (primary N) is 1. The number of halogens is 2. The summed E-state index contributed by atoms with van der Waals surface area (Å²) in [5.74, 6) is -0.125. The Morgan fingerprint density at radius 3 is 2.17 bits per heavy atom. The monoisotopic (exact) mass is 352 g/mol. The molecule has 0 fully saturated rings. The molecular formula is C16H18ClFN4O2. The lowest BCUT2D eigenvalue weighted by Gasteiger charge is -2.10. The minimum atomic E-state index is -0.317. The van der Waals surface area contributed by atoms with Gasteiger partial charge in [-0.25, -0.2) is 20.0 Å². The molecule has 128 valence electrons. The minimum absolute atomic E-state index is 0. The predicted molar refractivity (Wildman–Crippen MR) is 85.2 cm³/mol. The highest BCUT2D eigenvalue weighted by molar-refractivity contribution is 5.91. The number of nitrogens with one attached hydrogen (secondary N) is 3. The smallest absolute Gasteiger partial charge is 0.277 e. The highest BCUT2D eigenvalue weighted by Crippen LogP contribution is 2.22. The fraction of sp³-hybridized carbons (Fsp3) is 0.188. The van der Waals surface area contributed by atoms with Gasteiger partial charge in [-0.15, -0.1) is 0 Å². The molecule has 0 saturated heterocycles. The van der Waals surface area contributed by atoms with Crippen molar-refractivity contribution in [3.63, 3.8) is 0 Å². The highest BCUT2D eigenvalue weighted by atomic mass is 35.5. The summed E-state index contributed by atoms with van der Waals surface area (Å²) in [6.07, 6.45) is 0.441. The van der Waals surface area contributed by atoms with Gasteiger partial charge in [0, 0.05) is 25.8 Å². The number of carbonyl (C=O) groups excluding carboxylic acids is 2. The van der Waals surface area contributed by atoms with E-state index in [9.17, 15) is 14.0 Å². The number of H-pyrrole nitrogens is 1. The quantitative estimate of drug-likeness (QED) is 0.640. The minimum Gasteiger partial charge on any atom is -1.00 e. The summed E-state index contributed by atoms with van der Waals surface area (Å²) in [6, 6.07) is 7.71. The Hall–Kier alpha value is -2.67. The van der Waals surface area contributed by atoms with E-state index in [1.807, 2.05) is 0 Å². The fourth-order valence-corrected chi connectivity index (χ4v) is 2.14. The molecule has 0 atom stereocenters. The summed E-state index contributed by atoms with van der Waals surface area (Å²) in [5, 5.41) is 5.24. The van der Waals surface area contributed by atoms with Crippen molar-refractivity contribution in [2.45, 2.75) is 20.3 Å². The van der Waals surface area contributed by atoms with Crippen LogP contribution in [-0.2, 0) is 16.0 Å². The van der Waals surface area contributed by atoms with Crippen LogP contribution in [0.5, 0.6) is 0 Å². The molecule has 0 spiro atoms. The predicted octanol–water partition coefficient (Wildman–Crippen LogP) is -1.27. The molecule has 0 aliphatic rings. The number of benzene rings is 1. The first-order valence-corrected chi connectivity index (χ1v) is 6.99. The molecule has 1 heterocycles. The normalized spacial score (nSPS) is 9.79. The molecule has 0 unspecified atom stereocenters. The van der Waals surface area contributed by atoms with E-state index in [4.69, 9.17) is 5.73 Å². The Kier molecular flexibility index (Phi) is 6.67. The van der Waals surface area contributed by atoms with Crippen molar-refractivity contribution < 1.29 is 31.4 Å².